The van der Waals surface area contributed by atoms with Crippen molar-refractivity contribution in [1.82, 2.24) is 25.6 Å². The SMILES string of the molecule is O=C(O)Cc1cn(CC(=O)NC(=O)NC2CC2)nn1. The van der Waals surface area contributed by atoms with E-state index in [-0.39, 0.29) is 24.7 Å². The number of aromatic nitrogens is 3. The van der Waals surface area contributed by atoms with Crippen molar-refractivity contribution in [3.05, 3.63) is 11.9 Å². The highest BCUT2D eigenvalue weighted by molar-refractivity contribution is 5.94. The van der Waals surface area contributed by atoms with E-state index in [0.717, 1.165) is 12.8 Å². The molecule has 1 aliphatic carbocycles. The van der Waals surface area contributed by atoms with Crippen molar-refractivity contribution in [3.63, 3.8) is 0 Å². The van der Waals surface area contributed by atoms with Gasteiger partial charge in [-0.05, 0) is 12.8 Å². The summed E-state index contributed by atoms with van der Waals surface area (Å²) in [5.41, 5.74) is 0.253. The van der Waals surface area contributed by atoms with E-state index in [1.54, 1.807) is 0 Å². The smallest absolute Gasteiger partial charge is 0.321 e. The number of carbonyl (C=O) groups is 3. The Balaban J connectivity index is 1.79. The third kappa shape index (κ3) is 4.37. The maximum Gasteiger partial charge on any atom is 0.321 e. The van der Waals surface area contributed by atoms with Crippen LogP contribution >= 0.6 is 0 Å². The third-order valence-electron chi connectivity index (χ3n) is 2.39. The van der Waals surface area contributed by atoms with Gasteiger partial charge in [-0.15, -0.1) is 5.10 Å². The molecule has 1 aromatic heterocycles. The molecule has 1 aliphatic rings. The first kappa shape index (κ1) is 13.0. The van der Waals surface area contributed by atoms with Crippen molar-refractivity contribution in [1.29, 1.82) is 0 Å². The van der Waals surface area contributed by atoms with Gasteiger partial charge in [0, 0.05) is 12.2 Å². The van der Waals surface area contributed by atoms with Crippen molar-refractivity contribution in [2.24, 2.45) is 0 Å². The number of rotatable bonds is 5. The van der Waals surface area contributed by atoms with Crippen molar-refractivity contribution in [2.75, 3.05) is 0 Å². The molecule has 3 amide bonds. The molecule has 9 heteroatoms. The highest BCUT2D eigenvalue weighted by Gasteiger charge is 2.23. The van der Waals surface area contributed by atoms with E-state index in [0.29, 0.717) is 0 Å². The Kier molecular flexibility index (Phi) is 3.74. The molecule has 0 saturated heterocycles. The standard InChI is InChI=1S/C10H13N5O4/c16-8(12-10(19)11-6-1-2-6)5-15-4-7(13-14-15)3-9(17)18/h4,6H,1-3,5H2,(H,17,18)(H2,11,12,16,19). The van der Waals surface area contributed by atoms with Gasteiger partial charge in [0.1, 0.15) is 6.54 Å². The molecule has 1 fully saturated rings. The van der Waals surface area contributed by atoms with E-state index >= 15 is 0 Å². The van der Waals surface area contributed by atoms with Gasteiger partial charge in [0.15, 0.2) is 0 Å². The number of aliphatic carboxylic acids is 1. The van der Waals surface area contributed by atoms with Crippen LogP contribution in [0, 0.1) is 0 Å². The summed E-state index contributed by atoms with van der Waals surface area (Å²) in [7, 11) is 0. The lowest BCUT2D eigenvalue weighted by atomic mass is 10.3. The highest BCUT2D eigenvalue weighted by atomic mass is 16.4. The van der Waals surface area contributed by atoms with Crippen LogP contribution in [0.3, 0.4) is 0 Å². The van der Waals surface area contributed by atoms with Crippen LogP contribution < -0.4 is 10.6 Å². The van der Waals surface area contributed by atoms with E-state index in [9.17, 15) is 14.4 Å². The second kappa shape index (κ2) is 5.46. The van der Waals surface area contributed by atoms with Gasteiger partial charge >= 0.3 is 12.0 Å². The van der Waals surface area contributed by atoms with Crippen molar-refractivity contribution in [2.45, 2.75) is 31.8 Å². The first-order valence-corrected chi connectivity index (χ1v) is 5.74. The Morgan fingerprint density at radius 1 is 1.42 bits per heavy atom. The van der Waals surface area contributed by atoms with E-state index in [1.807, 2.05) is 0 Å². The Labute approximate surface area is 108 Å². The number of hydrogen-bond acceptors (Lipinski definition) is 5. The molecule has 1 aromatic rings. The van der Waals surface area contributed by atoms with E-state index < -0.39 is 17.9 Å². The number of carbonyl (C=O) groups excluding carboxylic acids is 2. The number of carboxylic acids is 1. The summed E-state index contributed by atoms with van der Waals surface area (Å²) in [6.45, 7) is -0.190. The molecule has 1 saturated carbocycles. The summed E-state index contributed by atoms with van der Waals surface area (Å²) in [5.74, 6) is -1.56. The monoisotopic (exact) mass is 267 g/mol. The summed E-state index contributed by atoms with van der Waals surface area (Å²) >= 11 is 0. The number of urea groups is 1. The normalized spacial score (nSPS) is 13.9. The van der Waals surface area contributed by atoms with Gasteiger partial charge < -0.3 is 10.4 Å². The van der Waals surface area contributed by atoms with Crippen LogP contribution in [-0.4, -0.2) is 44.0 Å². The average molecular weight is 267 g/mol. The van der Waals surface area contributed by atoms with E-state index in [1.165, 1.54) is 10.9 Å². The topological polar surface area (TPSA) is 126 Å². The van der Waals surface area contributed by atoms with Gasteiger partial charge in [0.05, 0.1) is 12.1 Å². The summed E-state index contributed by atoms with van der Waals surface area (Å²) in [5, 5.41) is 20.5. The summed E-state index contributed by atoms with van der Waals surface area (Å²) in [6.07, 6.45) is 2.96. The van der Waals surface area contributed by atoms with Gasteiger partial charge in [-0.1, -0.05) is 5.21 Å². The molecule has 1 heterocycles. The van der Waals surface area contributed by atoms with Crippen LogP contribution in [0.1, 0.15) is 18.5 Å². The second-order valence-electron chi connectivity index (χ2n) is 4.27. The first-order valence-electron chi connectivity index (χ1n) is 5.74. The molecular formula is C10H13N5O4. The van der Waals surface area contributed by atoms with E-state index in [4.69, 9.17) is 5.11 Å². The fourth-order valence-electron chi connectivity index (χ4n) is 1.41. The minimum absolute atomic E-state index is 0.168. The van der Waals surface area contributed by atoms with Crippen LogP contribution in [0.25, 0.3) is 0 Å². The van der Waals surface area contributed by atoms with Gasteiger partial charge in [0.25, 0.3) is 0 Å². The Morgan fingerprint density at radius 3 is 2.79 bits per heavy atom. The molecule has 2 rings (SSSR count). The van der Waals surface area contributed by atoms with Crippen molar-refractivity contribution < 1.29 is 19.5 Å². The molecular weight excluding hydrogens is 254 g/mol. The number of nitrogens with one attached hydrogen (secondary N) is 2. The molecule has 3 N–H and O–H groups in total. The molecule has 0 unspecified atom stereocenters. The minimum Gasteiger partial charge on any atom is -0.481 e. The van der Waals surface area contributed by atoms with Crippen LogP contribution in [0.15, 0.2) is 6.20 Å². The van der Waals surface area contributed by atoms with Gasteiger partial charge in [-0.25, -0.2) is 9.48 Å². The molecule has 0 spiro atoms. The number of nitrogens with zero attached hydrogens (tertiary/aromatic N) is 3. The molecule has 102 valence electrons. The fourth-order valence-corrected chi connectivity index (χ4v) is 1.41. The molecule has 0 aromatic carbocycles. The predicted octanol–water partition coefficient (Wildman–Crippen LogP) is -1.11. The summed E-state index contributed by atoms with van der Waals surface area (Å²) in [6, 6.07) is -0.361. The molecule has 0 aliphatic heterocycles. The van der Waals surface area contributed by atoms with Gasteiger partial charge in [-0.3, -0.25) is 14.9 Å². The molecule has 0 atom stereocenters. The summed E-state index contributed by atoms with van der Waals surface area (Å²) in [4.78, 5) is 33.2. The number of hydrogen-bond donors (Lipinski definition) is 3. The Morgan fingerprint density at radius 2 is 2.16 bits per heavy atom. The quantitative estimate of drug-likeness (QED) is 0.621. The van der Waals surface area contributed by atoms with Crippen molar-refractivity contribution >= 4 is 17.9 Å². The lowest BCUT2D eigenvalue weighted by Crippen LogP contribution is -2.41. The Hall–Kier alpha value is -2.45. The lowest BCUT2D eigenvalue weighted by molar-refractivity contribution is -0.136. The lowest BCUT2D eigenvalue weighted by Gasteiger charge is -2.04. The van der Waals surface area contributed by atoms with Crippen LogP contribution in [-0.2, 0) is 22.6 Å². The Bertz CT molecular complexity index is 508. The maximum absolute atomic E-state index is 11.5. The first-order chi connectivity index (χ1) is 9.02. The second-order valence-corrected chi connectivity index (χ2v) is 4.27. The maximum atomic E-state index is 11.5. The number of imide groups is 1. The fraction of sp³-hybridized carbons (Fsp3) is 0.500. The van der Waals surface area contributed by atoms with E-state index in [2.05, 4.69) is 20.9 Å². The molecule has 0 bridgehead atoms. The van der Waals surface area contributed by atoms with Crippen molar-refractivity contribution in [3.8, 4) is 0 Å². The highest BCUT2D eigenvalue weighted by Crippen LogP contribution is 2.18. The zero-order valence-electron chi connectivity index (χ0n) is 10.00. The summed E-state index contributed by atoms with van der Waals surface area (Å²) < 4.78 is 1.18. The van der Waals surface area contributed by atoms with Gasteiger partial charge in [-0.2, -0.15) is 0 Å². The van der Waals surface area contributed by atoms with Crippen LogP contribution in [0.2, 0.25) is 0 Å². The zero-order valence-corrected chi connectivity index (χ0v) is 10.00. The number of amides is 3. The molecule has 19 heavy (non-hydrogen) atoms. The van der Waals surface area contributed by atoms with Gasteiger partial charge in [0.2, 0.25) is 5.91 Å². The van der Waals surface area contributed by atoms with Crippen LogP contribution in [0.4, 0.5) is 4.79 Å². The van der Waals surface area contributed by atoms with Crippen LogP contribution in [0.5, 0.6) is 0 Å². The number of carboxylic acid groups (broad SMARTS) is 1. The molecule has 0 radical (unpaired) electrons. The predicted molar refractivity (Wildman–Crippen MR) is 61.1 cm³/mol. The third-order valence-corrected chi connectivity index (χ3v) is 2.39. The average Bonchev–Trinajstić information content (AvgIpc) is 2.98. The zero-order chi connectivity index (χ0) is 13.8. The largest absolute Gasteiger partial charge is 0.481 e. The minimum atomic E-state index is -1.03. The molecule has 9 nitrogen and oxygen atoms in total.